The number of imidazole rings is 1. The fourth-order valence-electron chi connectivity index (χ4n) is 4.09. The number of H-pyrrole nitrogens is 2. The Morgan fingerprint density at radius 3 is 2.49 bits per heavy atom. The highest BCUT2D eigenvalue weighted by molar-refractivity contribution is 5.74. The lowest BCUT2D eigenvalue weighted by molar-refractivity contribution is -0.137. The summed E-state index contributed by atoms with van der Waals surface area (Å²) in [5, 5.41) is 4.14. The van der Waals surface area contributed by atoms with E-state index in [0.717, 1.165) is 28.4 Å². The fraction of sp³-hybridized carbons (Fsp3) is 0.304. The van der Waals surface area contributed by atoms with Crippen LogP contribution in [0.15, 0.2) is 52.3 Å². The molecule has 1 aromatic carbocycles. The lowest BCUT2D eigenvalue weighted by Crippen LogP contribution is -2.24. The van der Waals surface area contributed by atoms with Gasteiger partial charge in [0.25, 0.3) is 5.56 Å². The van der Waals surface area contributed by atoms with Crippen molar-refractivity contribution in [2.24, 2.45) is 0 Å². The zero-order valence-corrected chi connectivity index (χ0v) is 18.9. The third-order valence-corrected chi connectivity index (χ3v) is 5.74. The molecule has 0 bridgehead atoms. The Labute approximate surface area is 196 Å². The van der Waals surface area contributed by atoms with Gasteiger partial charge in [-0.25, -0.2) is 9.78 Å². The van der Waals surface area contributed by atoms with Crippen LogP contribution in [0, 0.1) is 5.95 Å². The van der Waals surface area contributed by atoms with Crippen molar-refractivity contribution >= 4 is 11.3 Å². The van der Waals surface area contributed by atoms with Gasteiger partial charge >= 0.3 is 11.9 Å². The summed E-state index contributed by atoms with van der Waals surface area (Å²) in [6.45, 7) is 5.00. The van der Waals surface area contributed by atoms with Crippen LogP contribution >= 0.6 is 0 Å². The number of benzene rings is 1. The highest BCUT2D eigenvalue weighted by Gasteiger charge is 2.31. The number of hydrogen-bond acceptors (Lipinski definition) is 5. The molecule has 1 unspecified atom stereocenters. The second-order valence-corrected chi connectivity index (χ2v) is 7.77. The summed E-state index contributed by atoms with van der Waals surface area (Å²) >= 11 is 0. The number of alkyl halides is 3. The molecule has 1 aliphatic rings. The molecule has 0 saturated carbocycles. The molecule has 35 heavy (non-hydrogen) atoms. The molecule has 0 aliphatic carbocycles. The normalized spacial score (nSPS) is 15.8. The molecule has 1 atom stereocenters. The maximum absolute atomic E-state index is 14.3. The summed E-state index contributed by atoms with van der Waals surface area (Å²) in [5.74, 6) is -0.771. The minimum absolute atomic E-state index is 0.0414. The fourth-order valence-corrected chi connectivity index (χ4v) is 4.09. The predicted octanol–water partition coefficient (Wildman–Crippen LogP) is 3.95. The van der Waals surface area contributed by atoms with E-state index >= 15 is 0 Å². The molecule has 4 aromatic rings. The number of fused-ring (bicyclic) bond motifs is 1. The van der Waals surface area contributed by atoms with Crippen LogP contribution < -0.4 is 16.1 Å². The van der Waals surface area contributed by atoms with Crippen LogP contribution in [0.3, 0.4) is 0 Å². The van der Waals surface area contributed by atoms with Gasteiger partial charge in [-0.05, 0) is 30.2 Å². The second kappa shape index (κ2) is 9.35. The van der Waals surface area contributed by atoms with E-state index in [0.29, 0.717) is 25.2 Å². The standard InChI is InChI=1S/C21H16F4N6O2.C2H6/c22-17-9-26-18-16(7-15(29-31(17)18)14-8-27-20(33)28-19(14)32)30-6-5-12(10-30)11-1-3-13(4-2-11)21(23,24)25;1-2/h1-4,7-9,12H,5-6,10H2,(H2,27,28,32,33);1-2H3. The van der Waals surface area contributed by atoms with Gasteiger partial charge in [0.05, 0.1) is 23.0 Å². The Kier molecular flexibility index (Phi) is 6.46. The maximum Gasteiger partial charge on any atom is 0.416 e. The number of aromatic nitrogens is 5. The molecule has 4 heterocycles. The highest BCUT2D eigenvalue weighted by Crippen LogP contribution is 2.35. The van der Waals surface area contributed by atoms with E-state index < -0.39 is 28.9 Å². The molecule has 2 N–H and O–H groups in total. The Morgan fingerprint density at radius 2 is 1.83 bits per heavy atom. The van der Waals surface area contributed by atoms with Crippen molar-refractivity contribution in [3.8, 4) is 11.3 Å². The summed E-state index contributed by atoms with van der Waals surface area (Å²) in [6.07, 6.45) is -1.53. The second-order valence-electron chi connectivity index (χ2n) is 7.77. The Bertz CT molecular complexity index is 1460. The Morgan fingerprint density at radius 1 is 1.11 bits per heavy atom. The van der Waals surface area contributed by atoms with Crippen molar-refractivity contribution < 1.29 is 17.6 Å². The van der Waals surface area contributed by atoms with Gasteiger partial charge in [-0.15, -0.1) is 0 Å². The number of nitrogens with zero attached hydrogens (tertiary/aromatic N) is 4. The van der Waals surface area contributed by atoms with Gasteiger partial charge in [0.15, 0.2) is 5.65 Å². The molecule has 3 aromatic heterocycles. The number of halogens is 4. The largest absolute Gasteiger partial charge is 0.416 e. The number of hydrogen-bond donors (Lipinski definition) is 2. The smallest absolute Gasteiger partial charge is 0.368 e. The van der Waals surface area contributed by atoms with Crippen molar-refractivity contribution in [2.75, 3.05) is 18.0 Å². The minimum Gasteiger partial charge on any atom is -0.368 e. The van der Waals surface area contributed by atoms with E-state index in [4.69, 9.17) is 0 Å². The first-order chi connectivity index (χ1) is 16.7. The summed E-state index contributed by atoms with van der Waals surface area (Å²) in [4.78, 5) is 34.1. The third kappa shape index (κ3) is 4.68. The number of nitrogens with one attached hydrogen (secondary N) is 2. The summed E-state index contributed by atoms with van der Waals surface area (Å²) in [6, 6.07) is 6.65. The van der Waals surface area contributed by atoms with E-state index in [-0.39, 0.29) is 22.8 Å². The van der Waals surface area contributed by atoms with Crippen molar-refractivity contribution in [2.45, 2.75) is 32.4 Å². The first kappa shape index (κ1) is 24.2. The molecular weight excluding hydrogens is 468 g/mol. The van der Waals surface area contributed by atoms with Crippen LogP contribution in [0.2, 0.25) is 0 Å². The molecule has 1 saturated heterocycles. The molecule has 184 valence electrons. The molecular formula is C23H22F4N6O2. The predicted molar refractivity (Wildman–Crippen MR) is 122 cm³/mol. The first-order valence-corrected chi connectivity index (χ1v) is 11.0. The Hall–Kier alpha value is -3.96. The van der Waals surface area contributed by atoms with E-state index in [2.05, 4.69) is 20.1 Å². The average molecular weight is 490 g/mol. The van der Waals surface area contributed by atoms with Crippen LogP contribution in [0.5, 0.6) is 0 Å². The van der Waals surface area contributed by atoms with E-state index in [1.165, 1.54) is 18.3 Å². The zero-order valence-electron chi connectivity index (χ0n) is 18.9. The topological polar surface area (TPSA) is 99.2 Å². The van der Waals surface area contributed by atoms with E-state index in [1.807, 2.05) is 18.7 Å². The summed E-state index contributed by atoms with van der Waals surface area (Å²) < 4.78 is 53.9. The highest BCUT2D eigenvalue weighted by atomic mass is 19.4. The van der Waals surface area contributed by atoms with Crippen LogP contribution in [0.4, 0.5) is 23.2 Å². The first-order valence-electron chi connectivity index (χ1n) is 11.0. The molecule has 1 fully saturated rings. The number of aromatic amines is 2. The lowest BCUT2D eigenvalue weighted by atomic mass is 9.97. The van der Waals surface area contributed by atoms with Crippen LogP contribution in [0.25, 0.3) is 16.9 Å². The summed E-state index contributed by atoms with van der Waals surface area (Å²) in [7, 11) is 0. The lowest BCUT2D eigenvalue weighted by Gasteiger charge is -2.20. The molecule has 12 heteroatoms. The van der Waals surface area contributed by atoms with Gasteiger partial charge in [0.2, 0.25) is 5.95 Å². The van der Waals surface area contributed by atoms with Gasteiger partial charge in [-0.3, -0.25) is 9.78 Å². The van der Waals surface area contributed by atoms with E-state index in [1.54, 1.807) is 6.07 Å². The van der Waals surface area contributed by atoms with Crippen LogP contribution in [0.1, 0.15) is 37.3 Å². The van der Waals surface area contributed by atoms with Crippen molar-refractivity contribution in [3.05, 3.63) is 80.6 Å². The van der Waals surface area contributed by atoms with Gasteiger partial charge in [0.1, 0.15) is 5.69 Å². The molecule has 8 nitrogen and oxygen atoms in total. The van der Waals surface area contributed by atoms with Crippen LogP contribution in [-0.4, -0.2) is 37.7 Å². The number of anilines is 1. The van der Waals surface area contributed by atoms with E-state index in [9.17, 15) is 27.2 Å². The van der Waals surface area contributed by atoms with Crippen LogP contribution in [-0.2, 0) is 6.18 Å². The number of rotatable bonds is 3. The molecule has 1 aliphatic heterocycles. The maximum atomic E-state index is 14.3. The molecule has 0 amide bonds. The SMILES string of the molecule is CC.O=c1[nH]cc(-c2cc(N3CCC(c4ccc(C(F)(F)F)cc4)C3)c3ncc(F)n3n2)c(=O)[nH]1. The minimum atomic E-state index is -4.40. The monoisotopic (exact) mass is 490 g/mol. The van der Waals surface area contributed by atoms with Crippen molar-refractivity contribution in [1.82, 2.24) is 24.6 Å². The molecule has 0 radical (unpaired) electrons. The third-order valence-electron chi connectivity index (χ3n) is 5.74. The van der Waals surface area contributed by atoms with Gasteiger partial charge < -0.3 is 9.88 Å². The van der Waals surface area contributed by atoms with Gasteiger partial charge in [0, 0.05) is 25.2 Å². The average Bonchev–Trinajstić information content (AvgIpc) is 3.47. The quantitative estimate of drug-likeness (QED) is 0.424. The van der Waals surface area contributed by atoms with Crippen molar-refractivity contribution in [1.29, 1.82) is 0 Å². The Balaban J connectivity index is 0.00000141. The molecule has 5 rings (SSSR count). The van der Waals surface area contributed by atoms with Gasteiger partial charge in [-0.1, -0.05) is 26.0 Å². The van der Waals surface area contributed by atoms with Crippen molar-refractivity contribution in [3.63, 3.8) is 0 Å². The van der Waals surface area contributed by atoms with Gasteiger partial charge in [-0.2, -0.15) is 27.2 Å². The zero-order chi connectivity index (χ0) is 25.3. The molecule has 0 spiro atoms. The summed E-state index contributed by atoms with van der Waals surface area (Å²) in [5.41, 5.74) is -0.370.